The van der Waals surface area contributed by atoms with Crippen LogP contribution in [0.4, 0.5) is 11.4 Å². The molecule has 8 heteroatoms. The van der Waals surface area contributed by atoms with Crippen molar-refractivity contribution in [2.45, 2.75) is 25.2 Å². The Morgan fingerprint density at radius 2 is 1.75 bits per heavy atom. The van der Waals surface area contributed by atoms with Crippen molar-refractivity contribution in [3.63, 3.8) is 0 Å². The van der Waals surface area contributed by atoms with Gasteiger partial charge in [-0.05, 0) is 49.1 Å². The van der Waals surface area contributed by atoms with Gasteiger partial charge in [0.25, 0.3) is 5.69 Å². The van der Waals surface area contributed by atoms with E-state index in [-0.39, 0.29) is 11.4 Å². The summed E-state index contributed by atoms with van der Waals surface area (Å²) in [5, 5.41) is 11.2. The van der Waals surface area contributed by atoms with E-state index >= 15 is 0 Å². The van der Waals surface area contributed by atoms with Gasteiger partial charge in [0.15, 0.2) is 4.90 Å². The van der Waals surface area contributed by atoms with Crippen LogP contribution in [0.25, 0.3) is 0 Å². The molecule has 0 aromatic heterocycles. The van der Waals surface area contributed by atoms with Gasteiger partial charge in [-0.25, -0.2) is 13.1 Å². The number of rotatable bonds is 6. The minimum Gasteiger partial charge on any atom is -0.399 e. The van der Waals surface area contributed by atoms with Crippen molar-refractivity contribution < 1.29 is 13.3 Å². The number of nitrogen functional groups attached to an aromatic ring is 1. The number of nitrogens with two attached hydrogens (primary N) is 1. The van der Waals surface area contributed by atoms with Gasteiger partial charge in [-0.3, -0.25) is 10.1 Å². The molecule has 0 unspecified atom stereocenters. The van der Waals surface area contributed by atoms with Crippen LogP contribution in [0, 0.1) is 24.0 Å². The fourth-order valence-corrected chi connectivity index (χ4v) is 3.84. The van der Waals surface area contributed by atoms with Gasteiger partial charge >= 0.3 is 0 Å². The monoisotopic (exact) mass is 349 g/mol. The van der Waals surface area contributed by atoms with E-state index < -0.39 is 20.6 Å². The summed E-state index contributed by atoms with van der Waals surface area (Å²) in [6.45, 7) is 3.42. The minimum absolute atomic E-state index is 0.136. The summed E-state index contributed by atoms with van der Waals surface area (Å²) in [7, 11) is -3.98. The lowest BCUT2D eigenvalue weighted by Crippen LogP contribution is -2.27. The number of benzene rings is 2. The van der Waals surface area contributed by atoms with Crippen LogP contribution in [0.15, 0.2) is 41.3 Å². The number of aryl methyl sites for hydroxylation is 1. The quantitative estimate of drug-likeness (QED) is 0.472. The Bertz CT molecular complexity index is 862. The minimum atomic E-state index is -3.98. The van der Waals surface area contributed by atoms with Crippen molar-refractivity contribution in [3.8, 4) is 0 Å². The number of hydrogen-bond acceptors (Lipinski definition) is 5. The first kappa shape index (κ1) is 17.9. The summed E-state index contributed by atoms with van der Waals surface area (Å²) in [5.41, 5.74) is 7.79. The molecule has 0 aliphatic heterocycles. The molecule has 0 aliphatic carbocycles. The van der Waals surface area contributed by atoms with Crippen molar-refractivity contribution in [2.75, 3.05) is 12.3 Å². The highest BCUT2D eigenvalue weighted by Gasteiger charge is 2.28. The van der Waals surface area contributed by atoms with Crippen LogP contribution in [0.3, 0.4) is 0 Å². The van der Waals surface area contributed by atoms with Crippen LogP contribution >= 0.6 is 0 Å². The second-order valence-corrected chi connectivity index (χ2v) is 7.21. The summed E-state index contributed by atoms with van der Waals surface area (Å²) >= 11 is 0. The molecule has 0 spiro atoms. The van der Waals surface area contributed by atoms with Gasteiger partial charge in [0.05, 0.1) is 4.92 Å². The summed E-state index contributed by atoms with van der Waals surface area (Å²) < 4.78 is 27.5. The molecule has 0 radical (unpaired) electrons. The predicted molar refractivity (Wildman–Crippen MR) is 92.3 cm³/mol. The third-order valence-electron chi connectivity index (χ3n) is 3.81. The molecule has 0 heterocycles. The molecule has 0 fully saturated rings. The lowest BCUT2D eigenvalue weighted by Gasteiger charge is -2.11. The topological polar surface area (TPSA) is 115 Å². The Hall–Kier alpha value is -2.45. The number of nitro benzene ring substituents is 1. The Labute approximate surface area is 140 Å². The number of nitrogens with one attached hydrogen (secondary N) is 1. The SMILES string of the molecule is Cc1ccc([N+](=O)[O-])c(S(=O)(=O)NCCc2ccc(N)cc2)c1C. The van der Waals surface area contributed by atoms with Crippen molar-refractivity contribution in [3.05, 3.63) is 63.2 Å². The zero-order valence-corrected chi connectivity index (χ0v) is 14.3. The summed E-state index contributed by atoms with van der Waals surface area (Å²) in [6.07, 6.45) is 0.457. The largest absolute Gasteiger partial charge is 0.399 e. The molecule has 0 bridgehead atoms. The van der Waals surface area contributed by atoms with E-state index in [4.69, 9.17) is 5.73 Å². The van der Waals surface area contributed by atoms with Crippen LogP contribution in [0.2, 0.25) is 0 Å². The molecule has 24 heavy (non-hydrogen) atoms. The second kappa shape index (κ2) is 6.98. The first-order valence-electron chi connectivity index (χ1n) is 7.31. The molecule has 7 nitrogen and oxygen atoms in total. The molecule has 3 N–H and O–H groups in total. The summed E-state index contributed by atoms with van der Waals surface area (Å²) in [4.78, 5) is 10.2. The van der Waals surface area contributed by atoms with Crippen molar-refractivity contribution in [1.82, 2.24) is 4.72 Å². The summed E-state index contributed by atoms with van der Waals surface area (Å²) in [5.74, 6) is 0. The van der Waals surface area contributed by atoms with Crippen LogP contribution in [0.5, 0.6) is 0 Å². The van der Waals surface area contributed by atoms with E-state index in [2.05, 4.69) is 4.72 Å². The van der Waals surface area contributed by atoms with Crippen molar-refractivity contribution in [1.29, 1.82) is 0 Å². The average Bonchev–Trinajstić information content (AvgIpc) is 2.51. The fourth-order valence-electron chi connectivity index (χ4n) is 2.34. The highest BCUT2D eigenvalue weighted by Crippen LogP contribution is 2.29. The van der Waals surface area contributed by atoms with E-state index in [1.165, 1.54) is 6.07 Å². The molecule has 2 aromatic rings. The second-order valence-electron chi connectivity index (χ2n) is 5.50. The van der Waals surface area contributed by atoms with Gasteiger partial charge in [-0.2, -0.15) is 0 Å². The first-order valence-corrected chi connectivity index (χ1v) is 8.79. The third-order valence-corrected chi connectivity index (χ3v) is 5.44. The normalized spacial score (nSPS) is 11.4. The van der Waals surface area contributed by atoms with E-state index in [1.807, 2.05) is 12.1 Å². The molecule has 0 atom stereocenters. The molecule has 0 saturated carbocycles. The number of anilines is 1. The fraction of sp³-hybridized carbons (Fsp3) is 0.250. The maximum atomic E-state index is 12.5. The maximum absolute atomic E-state index is 12.5. The molecule has 0 saturated heterocycles. The summed E-state index contributed by atoms with van der Waals surface area (Å²) in [6, 6.07) is 9.85. The van der Waals surface area contributed by atoms with Gasteiger partial charge < -0.3 is 5.73 Å². The molecule has 128 valence electrons. The van der Waals surface area contributed by atoms with Gasteiger partial charge in [-0.1, -0.05) is 18.2 Å². The first-order chi connectivity index (χ1) is 11.2. The van der Waals surface area contributed by atoms with Crippen LogP contribution in [0.1, 0.15) is 16.7 Å². The number of hydrogen-bond donors (Lipinski definition) is 2. The molecule has 2 rings (SSSR count). The van der Waals surface area contributed by atoms with Crippen LogP contribution < -0.4 is 10.5 Å². The zero-order valence-electron chi connectivity index (χ0n) is 13.4. The van der Waals surface area contributed by atoms with Gasteiger partial charge in [0.2, 0.25) is 10.0 Å². The lowest BCUT2D eigenvalue weighted by atomic mass is 10.1. The predicted octanol–water partition coefficient (Wildman–Crippen LogP) is 2.31. The number of nitrogens with zero attached hydrogens (tertiary/aromatic N) is 1. The molecule has 0 aliphatic rings. The van der Waals surface area contributed by atoms with Gasteiger partial charge in [0.1, 0.15) is 0 Å². The highest BCUT2D eigenvalue weighted by molar-refractivity contribution is 7.89. The molecular formula is C16H19N3O4S. The molecular weight excluding hydrogens is 330 g/mol. The average molecular weight is 349 g/mol. The van der Waals surface area contributed by atoms with Gasteiger partial charge in [0, 0.05) is 18.3 Å². The standard InChI is InChI=1S/C16H19N3O4S/c1-11-3-8-15(19(20)21)16(12(11)2)24(22,23)18-10-9-13-4-6-14(17)7-5-13/h3-8,18H,9-10,17H2,1-2H3. The zero-order chi connectivity index (χ0) is 17.9. The molecule has 0 amide bonds. The van der Waals surface area contributed by atoms with Crippen molar-refractivity contribution in [2.24, 2.45) is 0 Å². The molecule has 2 aromatic carbocycles. The Morgan fingerprint density at radius 1 is 1.12 bits per heavy atom. The third kappa shape index (κ3) is 3.90. The lowest BCUT2D eigenvalue weighted by molar-refractivity contribution is -0.387. The Morgan fingerprint density at radius 3 is 2.33 bits per heavy atom. The van der Waals surface area contributed by atoms with E-state index in [9.17, 15) is 18.5 Å². The van der Waals surface area contributed by atoms with Crippen molar-refractivity contribution >= 4 is 21.4 Å². The number of sulfonamides is 1. The van der Waals surface area contributed by atoms with Crippen LogP contribution in [-0.2, 0) is 16.4 Å². The Kier molecular flexibility index (Phi) is 5.20. The van der Waals surface area contributed by atoms with Gasteiger partial charge in [-0.15, -0.1) is 0 Å². The van der Waals surface area contributed by atoms with E-state index in [0.29, 0.717) is 23.2 Å². The highest BCUT2D eigenvalue weighted by atomic mass is 32.2. The van der Waals surface area contributed by atoms with E-state index in [0.717, 1.165) is 5.56 Å². The van der Waals surface area contributed by atoms with Crippen LogP contribution in [-0.4, -0.2) is 19.9 Å². The van der Waals surface area contributed by atoms with E-state index in [1.54, 1.807) is 32.0 Å². The smallest absolute Gasteiger partial charge is 0.289 e. The Balaban J connectivity index is 2.23. The maximum Gasteiger partial charge on any atom is 0.289 e. The number of nitro groups is 1.